The number of hydrogen-bond acceptors (Lipinski definition) is 3. The fourth-order valence-electron chi connectivity index (χ4n) is 1.70. The van der Waals surface area contributed by atoms with E-state index >= 15 is 0 Å². The number of carbonyl (C=O) groups excluding carboxylic acids is 1. The van der Waals surface area contributed by atoms with E-state index in [0.29, 0.717) is 18.7 Å². The molecular formula is C12H15FN2O3. The first-order chi connectivity index (χ1) is 8.45. The van der Waals surface area contributed by atoms with E-state index in [9.17, 15) is 14.0 Å². The molecule has 0 saturated heterocycles. The van der Waals surface area contributed by atoms with Crippen molar-refractivity contribution in [2.24, 2.45) is 5.73 Å². The molecule has 0 saturated carbocycles. The van der Waals surface area contributed by atoms with Crippen LogP contribution in [0.5, 0.6) is 0 Å². The van der Waals surface area contributed by atoms with E-state index in [1.54, 1.807) is 0 Å². The van der Waals surface area contributed by atoms with Gasteiger partial charge < -0.3 is 15.7 Å². The maximum absolute atomic E-state index is 13.1. The Bertz CT molecular complexity index is 463. The number of carboxylic acids is 1. The number of benzene rings is 1. The number of amides is 1. The highest BCUT2D eigenvalue weighted by atomic mass is 19.1. The second kappa shape index (κ2) is 6.00. The molecule has 0 bridgehead atoms. The third-order valence-corrected chi connectivity index (χ3v) is 2.38. The molecule has 3 N–H and O–H groups in total. The van der Waals surface area contributed by atoms with Gasteiger partial charge in [0.05, 0.1) is 11.3 Å². The van der Waals surface area contributed by atoms with Crippen molar-refractivity contribution in [3.8, 4) is 0 Å². The van der Waals surface area contributed by atoms with E-state index in [4.69, 9.17) is 10.8 Å². The molecule has 1 amide bonds. The molecule has 0 aromatic heterocycles. The molecule has 0 fully saturated rings. The van der Waals surface area contributed by atoms with Gasteiger partial charge in [-0.05, 0) is 24.6 Å². The first kappa shape index (κ1) is 14.0. The molecule has 5 nitrogen and oxygen atoms in total. The lowest BCUT2D eigenvalue weighted by Crippen LogP contribution is -2.32. The lowest BCUT2D eigenvalue weighted by Gasteiger charge is -2.24. The zero-order chi connectivity index (χ0) is 13.7. The summed E-state index contributed by atoms with van der Waals surface area (Å²) >= 11 is 0. The Morgan fingerprint density at radius 1 is 1.44 bits per heavy atom. The highest BCUT2D eigenvalue weighted by molar-refractivity contribution is 5.99. The molecule has 1 aromatic carbocycles. The van der Waals surface area contributed by atoms with E-state index in [0.717, 1.165) is 6.07 Å². The van der Waals surface area contributed by atoms with Gasteiger partial charge in [-0.15, -0.1) is 0 Å². The van der Waals surface area contributed by atoms with Crippen molar-refractivity contribution in [1.29, 1.82) is 0 Å². The highest BCUT2D eigenvalue weighted by Gasteiger charge is 2.17. The monoisotopic (exact) mass is 254 g/mol. The summed E-state index contributed by atoms with van der Waals surface area (Å²) in [6, 6.07) is 3.56. The molecule has 18 heavy (non-hydrogen) atoms. The lowest BCUT2D eigenvalue weighted by molar-refractivity contribution is -0.135. The van der Waals surface area contributed by atoms with Crippen molar-refractivity contribution in [2.75, 3.05) is 18.0 Å². The molecule has 0 aliphatic rings. The van der Waals surface area contributed by atoms with Crippen LogP contribution >= 0.6 is 0 Å². The van der Waals surface area contributed by atoms with E-state index in [2.05, 4.69) is 0 Å². The molecule has 1 rings (SSSR count). The molecule has 0 radical (unpaired) electrons. The minimum Gasteiger partial charge on any atom is -0.480 e. The van der Waals surface area contributed by atoms with Crippen LogP contribution in [0.3, 0.4) is 0 Å². The van der Waals surface area contributed by atoms with Crippen molar-refractivity contribution in [1.82, 2.24) is 0 Å². The van der Waals surface area contributed by atoms with Gasteiger partial charge in [0.25, 0.3) is 5.91 Å². The van der Waals surface area contributed by atoms with E-state index < -0.39 is 17.7 Å². The summed E-state index contributed by atoms with van der Waals surface area (Å²) in [5.41, 5.74) is 5.50. The fraction of sp³-hybridized carbons (Fsp3) is 0.333. The Morgan fingerprint density at radius 3 is 2.61 bits per heavy atom. The number of nitrogens with two attached hydrogens (primary N) is 1. The molecule has 0 unspecified atom stereocenters. The number of nitrogens with zero attached hydrogens (tertiary/aromatic N) is 1. The standard InChI is InChI=1S/C12H15FN2O3/c1-2-5-15(7-11(16)17)10-4-3-8(13)6-9(10)12(14)18/h3-4,6H,2,5,7H2,1H3,(H2,14,18)(H,16,17). The summed E-state index contributed by atoms with van der Waals surface area (Å²) in [5, 5.41) is 8.82. The normalized spacial score (nSPS) is 10.1. The first-order valence-corrected chi connectivity index (χ1v) is 5.51. The number of halogens is 1. The summed E-state index contributed by atoms with van der Waals surface area (Å²) in [6.07, 6.45) is 0.697. The highest BCUT2D eigenvalue weighted by Crippen LogP contribution is 2.21. The van der Waals surface area contributed by atoms with E-state index in [1.807, 2.05) is 6.92 Å². The summed E-state index contributed by atoms with van der Waals surface area (Å²) in [5.74, 6) is -2.39. The Hall–Kier alpha value is -2.11. The number of anilines is 1. The molecule has 0 heterocycles. The second-order valence-corrected chi connectivity index (χ2v) is 3.84. The predicted molar refractivity (Wildman–Crippen MR) is 65.1 cm³/mol. The Labute approximate surface area is 104 Å². The summed E-state index contributed by atoms with van der Waals surface area (Å²) in [7, 11) is 0. The predicted octanol–water partition coefficient (Wildman–Crippen LogP) is 1.23. The molecule has 0 aliphatic carbocycles. The number of carboxylic acid groups (broad SMARTS) is 1. The minimum atomic E-state index is -1.02. The summed E-state index contributed by atoms with van der Waals surface area (Å²) in [6.45, 7) is 2.06. The van der Waals surface area contributed by atoms with Gasteiger partial charge in [-0.3, -0.25) is 9.59 Å². The molecular weight excluding hydrogens is 239 g/mol. The van der Waals surface area contributed by atoms with Gasteiger partial charge >= 0.3 is 5.97 Å². The van der Waals surface area contributed by atoms with Gasteiger partial charge in [-0.2, -0.15) is 0 Å². The van der Waals surface area contributed by atoms with Gasteiger partial charge in [0.15, 0.2) is 0 Å². The van der Waals surface area contributed by atoms with Crippen LogP contribution in [0.2, 0.25) is 0 Å². The number of carbonyl (C=O) groups is 2. The smallest absolute Gasteiger partial charge is 0.323 e. The van der Waals surface area contributed by atoms with Crippen LogP contribution in [0.4, 0.5) is 10.1 Å². The number of rotatable bonds is 6. The maximum atomic E-state index is 13.1. The van der Waals surface area contributed by atoms with Crippen LogP contribution in [0.1, 0.15) is 23.7 Å². The van der Waals surface area contributed by atoms with Crippen molar-refractivity contribution < 1.29 is 19.1 Å². The van der Waals surface area contributed by atoms with Crippen molar-refractivity contribution in [2.45, 2.75) is 13.3 Å². The fourth-order valence-corrected chi connectivity index (χ4v) is 1.70. The topological polar surface area (TPSA) is 83.6 Å². The van der Waals surface area contributed by atoms with Gasteiger partial charge in [-0.25, -0.2) is 4.39 Å². The van der Waals surface area contributed by atoms with E-state index in [-0.39, 0.29) is 12.1 Å². The molecule has 0 spiro atoms. The van der Waals surface area contributed by atoms with E-state index in [1.165, 1.54) is 17.0 Å². The minimum absolute atomic E-state index is 0.00954. The number of hydrogen-bond donors (Lipinski definition) is 2. The second-order valence-electron chi connectivity index (χ2n) is 3.84. The molecule has 1 aromatic rings. The zero-order valence-electron chi connectivity index (χ0n) is 10.0. The average Bonchev–Trinajstić information content (AvgIpc) is 2.27. The van der Waals surface area contributed by atoms with Crippen LogP contribution < -0.4 is 10.6 Å². The average molecular weight is 254 g/mol. The van der Waals surface area contributed by atoms with Crippen molar-refractivity contribution >= 4 is 17.6 Å². The van der Waals surface area contributed by atoms with Gasteiger partial charge in [0.1, 0.15) is 12.4 Å². The zero-order valence-corrected chi connectivity index (χ0v) is 10.0. The van der Waals surface area contributed by atoms with Crippen LogP contribution in [0.15, 0.2) is 18.2 Å². The lowest BCUT2D eigenvalue weighted by atomic mass is 10.1. The third-order valence-electron chi connectivity index (χ3n) is 2.38. The summed E-state index contributed by atoms with van der Waals surface area (Å²) < 4.78 is 13.1. The van der Waals surface area contributed by atoms with Crippen molar-refractivity contribution in [3.05, 3.63) is 29.6 Å². The van der Waals surface area contributed by atoms with Crippen LogP contribution in [0.25, 0.3) is 0 Å². The first-order valence-electron chi connectivity index (χ1n) is 5.51. The van der Waals surface area contributed by atoms with Crippen LogP contribution in [0, 0.1) is 5.82 Å². The SMILES string of the molecule is CCCN(CC(=O)O)c1ccc(F)cc1C(N)=O. The number of primary amides is 1. The Morgan fingerprint density at radius 2 is 2.11 bits per heavy atom. The summed E-state index contributed by atoms with van der Waals surface area (Å²) in [4.78, 5) is 23.5. The Balaban J connectivity index is 3.17. The van der Waals surface area contributed by atoms with Gasteiger partial charge in [0, 0.05) is 6.54 Å². The molecule has 0 atom stereocenters. The number of aliphatic carboxylic acids is 1. The maximum Gasteiger partial charge on any atom is 0.323 e. The molecule has 6 heteroatoms. The van der Waals surface area contributed by atoms with Crippen LogP contribution in [-0.4, -0.2) is 30.1 Å². The molecule has 0 aliphatic heterocycles. The van der Waals surface area contributed by atoms with Crippen LogP contribution in [-0.2, 0) is 4.79 Å². The van der Waals surface area contributed by atoms with Crippen molar-refractivity contribution in [3.63, 3.8) is 0 Å². The Kier molecular flexibility index (Phi) is 4.65. The van der Waals surface area contributed by atoms with Gasteiger partial charge in [-0.1, -0.05) is 6.92 Å². The quantitative estimate of drug-likeness (QED) is 0.799. The van der Waals surface area contributed by atoms with Gasteiger partial charge in [0.2, 0.25) is 0 Å². The largest absolute Gasteiger partial charge is 0.480 e. The molecule has 98 valence electrons. The third kappa shape index (κ3) is 3.44.